The first-order chi connectivity index (χ1) is 17.1. The van der Waals surface area contributed by atoms with Gasteiger partial charge in [-0.15, -0.1) is 0 Å². The Hall–Kier alpha value is -3.12. The largest absolute Gasteiger partial charge is 0.444 e. The molecule has 3 aliphatic heterocycles. The Morgan fingerprint density at radius 1 is 1.14 bits per heavy atom. The van der Waals surface area contributed by atoms with Crippen LogP contribution in [-0.2, 0) is 19.0 Å². The van der Waals surface area contributed by atoms with Crippen LogP contribution in [0.3, 0.4) is 0 Å². The van der Waals surface area contributed by atoms with Crippen molar-refractivity contribution in [2.24, 2.45) is 0 Å². The summed E-state index contributed by atoms with van der Waals surface area (Å²) in [5.41, 5.74) is 0.240. The number of alkyl carbamates (subject to hydrolysis) is 1. The van der Waals surface area contributed by atoms with Crippen LogP contribution < -0.4 is 20.4 Å². The van der Waals surface area contributed by atoms with E-state index in [0.29, 0.717) is 17.4 Å². The van der Waals surface area contributed by atoms with Crippen molar-refractivity contribution in [2.75, 3.05) is 68.8 Å². The summed E-state index contributed by atoms with van der Waals surface area (Å²) in [5, 5.41) is 4.98. The number of amides is 3. The number of hydrogen-bond donors (Lipinski definition) is 2. The van der Waals surface area contributed by atoms with Crippen molar-refractivity contribution in [1.29, 1.82) is 0 Å². The van der Waals surface area contributed by atoms with Crippen molar-refractivity contribution in [3.8, 4) is 0 Å². The molecule has 0 spiro atoms. The molecule has 2 N–H and O–H groups in total. The lowest BCUT2D eigenvalue weighted by atomic mass is 10.1. The SMILES string of the molecule is CC(C)(C)OC(=O)NCC(=O)NCC1CN(c2ccc(N3CCN(C4COC4)CC3)c(F)c2)C(=O)O1. The van der Waals surface area contributed by atoms with Crippen LogP contribution in [0.4, 0.5) is 25.4 Å². The van der Waals surface area contributed by atoms with Gasteiger partial charge >= 0.3 is 12.2 Å². The highest BCUT2D eigenvalue weighted by Gasteiger charge is 2.34. The Labute approximate surface area is 209 Å². The summed E-state index contributed by atoms with van der Waals surface area (Å²) in [5.74, 6) is -0.846. The summed E-state index contributed by atoms with van der Waals surface area (Å²) in [7, 11) is 0. The van der Waals surface area contributed by atoms with Gasteiger partial charge in [0.25, 0.3) is 0 Å². The number of piperazine rings is 1. The molecule has 3 heterocycles. The molecule has 3 amide bonds. The van der Waals surface area contributed by atoms with Crippen LogP contribution in [0.2, 0.25) is 0 Å². The fraction of sp³-hybridized carbons (Fsp3) is 0.625. The molecule has 1 aromatic rings. The van der Waals surface area contributed by atoms with Crippen LogP contribution in [0.1, 0.15) is 20.8 Å². The van der Waals surface area contributed by atoms with Gasteiger partial charge in [-0.1, -0.05) is 0 Å². The maximum Gasteiger partial charge on any atom is 0.414 e. The Kier molecular flexibility index (Phi) is 7.84. The standard InChI is InChI=1S/C24H34FN5O6/c1-24(2,3)36-22(32)27-12-21(31)26-11-18-13-30(23(33)35-18)16-4-5-20(19(25)10-16)29-8-6-28(7-9-29)17-14-34-15-17/h4-5,10,17-18H,6-9,11-15H2,1-3H3,(H,26,31)(H,27,32). The predicted molar refractivity (Wildman–Crippen MR) is 130 cm³/mol. The van der Waals surface area contributed by atoms with E-state index in [9.17, 15) is 18.8 Å². The summed E-state index contributed by atoms with van der Waals surface area (Å²) < 4.78 is 30.6. The van der Waals surface area contributed by atoms with Gasteiger partial charge in [0.15, 0.2) is 0 Å². The van der Waals surface area contributed by atoms with Gasteiger partial charge in [0.05, 0.1) is 50.3 Å². The minimum Gasteiger partial charge on any atom is -0.444 e. The third-order valence-electron chi connectivity index (χ3n) is 6.23. The predicted octanol–water partition coefficient (Wildman–Crippen LogP) is 1.31. The van der Waals surface area contributed by atoms with Crippen molar-refractivity contribution in [3.63, 3.8) is 0 Å². The Balaban J connectivity index is 1.24. The number of cyclic esters (lactones) is 1. The first-order valence-electron chi connectivity index (χ1n) is 12.2. The zero-order chi connectivity index (χ0) is 25.9. The third kappa shape index (κ3) is 6.55. The molecule has 0 aromatic heterocycles. The quantitative estimate of drug-likeness (QED) is 0.568. The van der Waals surface area contributed by atoms with Crippen LogP contribution >= 0.6 is 0 Å². The van der Waals surface area contributed by atoms with Gasteiger partial charge in [0.1, 0.15) is 17.5 Å². The van der Waals surface area contributed by atoms with Crippen molar-refractivity contribution in [1.82, 2.24) is 15.5 Å². The Morgan fingerprint density at radius 3 is 2.47 bits per heavy atom. The van der Waals surface area contributed by atoms with Gasteiger partial charge in [-0.05, 0) is 39.0 Å². The lowest BCUT2D eigenvalue weighted by molar-refractivity contribution is -0.120. The topological polar surface area (TPSA) is 113 Å². The number of nitrogens with zero attached hydrogens (tertiary/aromatic N) is 3. The molecule has 0 radical (unpaired) electrons. The molecule has 4 rings (SSSR count). The molecule has 1 atom stereocenters. The molecule has 0 saturated carbocycles. The number of carbonyl (C=O) groups is 3. The van der Waals surface area contributed by atoms with Gasteiger partial charge in [-0.3, -0.25) is 14.6 Å². The average molecular weight is 508 g/mol. The number of ether oxygens (including phenoxy) is 3. The van der Waals surface area contributed by atoms with Crippen molar-refractivity contribution in [2.45, 2.75) is 38.5 Å². The summed E-state index contributed by atoms with van der Waals surface area (Å²) in [6.07, 6.45) is -1.91. The number of rotatable bonds is 7. The number of halogens is 1. The average Bonchev–Trinajstić information content (AvgIpc) is 3.15. The molecule has 3 saturated heterocycles. The van der Waals surface area contributed by atoms with E-state index < -0.39 is 35.6 Å². The van der Waals surface area contributed by atoms with Gasteiger partial charge in [-0.25, -0.2) is 14.0 Å². The first kappa shape index (κ1) is 26.0. The molecule has 1 unspecified atom stereocenters. The van der Waals surface area contributed by atoms with E-state index in [1.54, 1.807) is 32.9 Å². The van der Waals surface area contributed by atoms with E-state index in [4.69, 9.17) is 14.2 Å². The maximum absolute atomic E-state index is 15.0. The van der Waals surface area contributed by atoms with Crippen LogP contribution in [0, 0.1) is 5.82 Å². The van der Waals surface area contributed by atoms with Crippen LogP contribution in [0.25, 0.3) is 0 Å². The van der Waals surface area contributed by atoms with Crippen molar-refractivity contribution >= 4 is 29.5 Å². The summed E-state index contributed by atoms with van der Waals surface area (Å²) in [4.78, 5) is 41.8. The van der Waals surface area contributed by atoms with Gasteiger partial charge in [0, 0.05) is 26.2 Å². The number of anilines is 2. The first-order valence-corrected chi connectivity index (χ1v) is 12.2. The molecule has 0 aliphatic carbocycles. The molecular weight excluding hydrogens is 473 g/mol. The summed E-state index contributed by atoms with van der Waals surface area (Å²) in [6.45, 7) is 9.82. The number of carbonyl (C=O) groups excluding carboxylic acids is 3. The smallest absolute Gasteiger partial charge is 0.414 e. The zero-order valence-corrected chi connectivity index (χ0v) is 20.9. The monoisotopic (exact) mass is 507 g/mol. The van der Waals surface area contributed by atoms with Gasteiger partial charge in [-0.2, -0.15) is 0 Å². The fourth-order valence-electron chi connectivity index (χ4n) is 4.28. The van der Waals surface area contributed by atoms with Crippen LogP contribution in [-0.4, -0.2) is 99.8 Å². The molecule has 3 aliphatic rings. The highest BCUT2D eigenvalue weighted by Crippen LogP contribution is 2.29. The lowest BCUT2D eigenvalue weighted by Gasteiger charge is -2.43. The zero-order valence-electron chi connectivity index (χ0n) is 20.9. The van der Waals surface area contributed by atoms with E-state index in [2.05, 4.69) is 15.5 Å². The van der Waals surface area contributed by atoms with E-state index in [1.807, 2.05) is 4.90 Å². The highest BCUT2D eigenvalue weighted by molar-refractivity contribution is 5.90. The van der Waals surface area contributed by atoms with Gasteiger partial charge < -0.3 is 29.7 Å². The second kappa shape index (κ2) is 10.9. The lowest BCUT2D eigenvalue weighted by Crippen LogP contribution is -2.56. The van der Waals surface area contributed by atoms with Crippen LogP contribution in [0.5, 0.6) is 0 Å². The number of benzene rings is 1. The minimum atomic E-state index is -0.698. The van der Waals surface area contributed by atoms with Crippen molar-refractivity contribution in [3.05, 3.63) is 24.0 Å². The molecule has 1 aromatic carbocycles. The molecule has 198 valence electrons. The summed E-state index contributed by atoms with van der Waals surface area (Å²) >= 11 is 0. The van der Waals surface area contributed by atoms with Crippen LogP contribution in [0.15, 0.2) is 18.2 Å². The third-order valence-corrected chi connectivity index (χ3v) is 6.23. The highest BCUT2D eigenvalue weighted by atomic mass is 19.1. The number of nitrogens with one attached hydrogen (secondary N) is 2. The molecular formula is C24H34FN5O6. The molecule has 36 heavy (non-hydrogen) atoms. The Morgan fingerprint density at radius 2 is 1.86 bits per heavy atom. The fourth-order valence-corrected chi connectivity index (χ4v) is 4.28. The van der Waals surface area contributed by atoms with Gasteiger partial charge in [0.2, 0.25) is 5.91 Å². The van der Waals surface area contributed by atoms with Crippen molar-refractivity contribution < 1.29 is 33.0 Å². The molecule has 3 fully saturated rings. The van der Waals surface area contributed by atoms with E-state index >= 15 is 0 Å². The second-order valence-corrected chi connectivity index (χ2v) is 10.1. The van der Waals surface area contributed by atoms with E-state index in [-0.39, 0.29) is 19.6 Å². The molecule has 11 nitrogen and oxygen atoms in total. The van der Waals surface area contributed by atoms with E-state index in [0.717, 1.165) is 39.4 Å². The molecule has 12 heteroatoms. The maximum atomic E-state index is 15.0. The second-order valence-electron chi connectivity index (χ2n) is 10.1. The number of hydrogen-bond acceptors (Lipinski definition) is 8. The summed E-state index contributed by atoms with van der Waals surface area (Å²) in [6, 6.07) is 5.21. The van der Waals surface area contributed by atoms with E-state index in [1.165, 1.54) is 11.0 Å². The normalized spacial score (nSPS) is 21.1. The minimum absolute atomic E-state index is 0.0634. The molecule has 0 bridgehead atoms. The Bertz CT molecular complexity index is 974.